The van der Waals surface area contributed by atoms with E-state index in [0.717, 1.165) is 11.3 Å². The monoisotopic (exact) mass is 347 g/mol. The highest BCUT2D eigenvalue weighted by molar-refractivity contribution is 5.99. The van der Waals surface area contributed by atoms with Gasteiger partial charge in [0.1, 0.15) is 16.9 Å². The van der Waals surface area contributed by atoms with Crippen LogP contribution in [0, 0.1) is 5.92 Å². The molecule has 1 amide bonds. The van der Waals surface area contributed by atoms with Crippen LogP contribution < -0.4 is 4.74 Å². The maximum absolute atomic E-state index is 12.9. The number of methoxy groups -OCH3 is 1. The van der Waals surface area contributed by atoms with E-state index in [4.69, 9.17) is 9.47 Å². The smallest absolute Gasteiger partial charge is 0.333 e. The van der Waals surface area contributed by atoms with Crippen LogP contribution in [-0.4, -0.2) is 35.0 Å². The number of carbonyl (C=O) groups is 2. The van der Waals surface area contributed by atoms with Gasteiger partial charge in [-0.2, -0.15) is 0 Å². The van der Waals surface area contributed by atoms with Gasteiger partial charge in [0.2, 0.25) is 5.91 Å². The summed E-state index contributed by atoms with van der Waals surface area (Å²) in [5.41, 5.74) is -0.477. The van der Waals surface area contributed by atoms with E-state index >= 15 is 0 Å². The van der Waals surface area contributed by atoms with Crippen molar-refractivity contribution in [3.63, 3.8) is 0 Å². The van der Waals surface area contributed by atoms with Gasteiger partial charge in [0.05, 0.1) is 13.5 Å². The summed E-state index contributed by atoms with van der Waals surface area (Å²) in [6.07, 6.45) is 0.820. The number of esters is 1. The van der Waals surface area contributed by atoms with Crippen LogP contribution in [0.3, 0.4) is 0 Å². The number of rotatable bonds is 6. The molecule has 0 bridgehead atoms. The van der Waals surface area contributed by atoms with Crippen LogP contribution in [0.5, 0.6) is 5.75 Å². The normalized spacial score (nSPS) is 20.4. The highest BCUT2D eigenvalue weighted by Gasteiger charge is 2.58. The molecule has 0 spiro atoms. The third-order valence-electron chi connectivity index (χ3n) is 4.29. The van der Waals surface area contributed by atoms with Crippen molar-refractivity contribution >= 4 is 11.9 Å². The van der Waals surface area contributed by atoms with Gasteiger partial charge in [0, 0.05) is 6.54 Å². The van der Waals surface area contributed by atoms with Gasteiger partial charge in [0.15, 0.2) is 0 Å². The molecule has 0 N–H and O–H groups in total. The third-order valence-corrected chi connectivity index (χ3v) is 4.29. The number of benzene rings is 1. The van der Waals surface area contributed by atoms with Crippen LogP contribution in [0.1, 0.15) is 53.0 Å². The molecule has 138 valence electrons. The molecule has 1 atom stereocenters. The lowest BCUT2D eigenvalue weighted by atomic mass is 9.76. The predicted molar refractivity (Wildman–Crippen MR) is 96.2 cm³/mol. The van der Waals surface area contributed by atoms with Crippen LogP contribution in [0.25, 0.3) is 0 Å². The Hall–Kier alpha value is -2.04. The van der Waals surface area contributed by atoms with Crippen LogP contribution >= 0.6 is 0 Å². The van der Waals surface area contributed by atoms with Gasteiger partial charge < -0.3 is 14.4 Å². The first-order valence-corrected chi connectivity index (χ1v) is 8.74. The fourth-order valence-electron chi connectivity index (χ4n) is 3.24. The first-order valence-electron chi connectivity index (χ1n) is 8.74. The lowest BCUT2D eigenvalue weighted by Crippen LogP contribution is -2.68. The summed E-state index contributed by atoms with van der Waals surface area (Å²) in [4.78, 5) is 26.9. The first kappa shape index (κ1) is 19.3. The minimum Gasteiger partial charge on any atom is -0.497 e. The summed E-state index contributed by atoms with van der Waals surface area (Å²) in [5, 5.41) is 0. The molecule has 1 aromatic rings. The topological polar surface area (TPSA) is 55.8 Å². The molecular formula is C20H29NO4. The molecule has 1 heterocycles. The number of β-lactam (4-membered cyclic amide) rings is 1. The minimum atomic E-state index is -0.863. The van der Waals surface area contributed by atoms with Gasteiger partial charge in [0.25, 0.3) is 0 Å². The SMILES string of the molecule is COc1ccc(CN2C(=O)CC2(CC(C)C)C(=O)OC(C)(C)C)cc1. The summed E-state index contributed by atoms with van der Waals surface area (Å²) in [7, 11) is 1.62. The van der Waals surface area contributed by atoms with Crippen molar-refractivity contribution in [2.24, 2.45) is 5.92 Å². The second-order valence-corrected chi connectivity index (χ2v) is 8.14. The summed E-state index contributed by atoms with van der Waals surface area (Å²) in [6, 6.07) is 7.55. The zero-order valence-electron chi connectivity index (χ0n) is 16.1. The Kier molecular flexibility index (Phi) is 5.45. The predicted octanol–water partition coefficient (Wildman–Crippen LogP) is 3.55. The Labute approximate surface area is 150 Å². The number of nitrogens with zero attached hydrogens (tertiary/aromatic N) is 1. The Morgan fingerprint density at radius 3 is 2.28 bits per heavy atom. The molecule has 1 saturated heterocycles. The molecule has 0 radical (unpaired) electrons. The van der Waals surface area contributed by atoms with E-state index < -0.39 is 11.1 Å². The van der Waals surface area contributed by atoms with Crippen LogP contribution in [0.15, 0.2) is 24.3 Å². The molecular weight excluding hydrogens is 318 g/mol. The number of likely N-dealkylation sites (tertiary alicyclic amines) is 1. The van der Waals surface area contributed by atoms with Crippen molar-refractivity contribution in [2.75, 3.05) is 7.11 Å². The molecule has 0 aromatic heterocycles. The zero-order valence-corrected chi connectivity index (χ0v) is 16.1. The summed E-state index contributed by atoms with van der Waals surface area (Å²) < 4.78 is 10.8. The fourth-order valence-corrected chi connectivity index (χ4v) is 3.24. The van der Waals surface area contributed by atoms with Crippen molar-refractivity contribution in [2.45, 2.75) is 65.1 Å². The number of amides is 1. The molecule has 5 nitrogen and oxygen atoms in total. The Morgan fingerprint density at radius 2 is 1.84 bits per heavy atom. The molecule has 1 fully saturated rings. The van der Waals surface area contributed by atoms with E-state index in [9.17, 15) is 9.59 Å². The highest BCUT2D eigenvalue weighted by atomic mass is 16.6. The van der Waals surface area contributed by atoms with Gasteiger partial charge in [-0.15, -0.1) is 0 Å². The molecule has 0 aliphatic carbocycles. The van der Waals surface area contributed by atoms with Crippen molar-refractivity contribution in [1.29, 1.82) is 0 Å². The Balaban J connectivity index is 2.25. The number of carbonyl (C=O) groups excluding carboxylic acids is 2. The Bertz CT molecular complexity index is 630. The first-order chi connectivity index (χ1) is 11.6. The van der Waals surface area contributed by atoms with E-state index in [1.54, 1.807) is 12.0 Å². The highest BCUT2D eigenvalue weighted by Crippen LogP contribution is 2.41. The van der Waals surface area contributed by atoms with E-state index in [2.05, 4.69) is 13.8 Å². The summed E-state index contributed by atoms with van der Waals surface area (Å²) >= 11 is 0. The van der Waals surface area contributed by atoms with Gasteiger partial charge in [-0.1, -0.05) is 26.0 Å². The molecule has 5 heteroatoms. The molecule has 1 aliphatic heterocycles. The molecule has 0 saturated carbocycles. The second kappa shape index (κ2) is 7.06. The van der Waals surface area contributed by atoms with E-state index in [1.807, 2.05) is 45.0 Å². The average Bonchev–Trinajstić information content (AvgIpc) is 2.50. The Morgan fingerprint density at radius 1 is 1.24 bits per heavy atom. The molecule has 1 aromatic carbocycles. The molecule has 1 aliphatic rings. The second-order valence-electron chi connectivity index (χ2n) is 8.14. The third kappa shape index (κ3) is 4.33. The van der Waals surface area contributed by atoms with Crippen molar-refractivity contribution in [1.82, 2.24) is 4.90 Å². The van der Waals surface area contributed by atoms with Gasteiger partial charge in [-0.05, 0) is 50.8 Å². The number of hydrogen-bond acceptors (Lipinski definition) is 4. The van der Waals surface area contributed by atoms with E-state index in [-0.39, 0.29) is 24.2 Å². The van der Waals surface area contributed by atoms with Gasteiger partial charge in [-0.25, -0.2) is 4.79 Å². The molecule has 1 unspecified atom stereocenters. The van der Waals surface area contributed by atoms with E-state index in [1.165, 1.54) is 0 Å². The lowest BCUT2D eigenvalue weighted by molar-refractivity contribution is -0.190. The maximum atomic E-state index is 12.9. The standard InChI is InChI=1S/C20H29NO4/c1-14(2)11-20(18(23)25-19(3,4)5)12-17(22)21(20)13-15-7-9-16(24-6)10-8-15/h7-10,14H,11-13H2,1-6H3. The largest absolute Gasteiger partial charge is 0.497 e. The van der Waals surface area contributed by atoms with E-state index in [0.29, 0.717) is 13.0 Å². The van der Waals surface area contributed by atoms with Crippen molar-refractivity contribution < 1.29 is 19.1 Å². The summed E-state index contributed by atoms with van der Waals surface area (Å²) in [6.45, 7) is 10.1. The molecule has 2 rings (SSSR count). The van der Waals surface area contributed by atoms with Gasteiger partial charge in [-0.3, -0.25) is 4.79 Å². The van der Waals surface area contributed by atoms with Crippen LogP contribution in [0.4, 0.5) is 0 Å². The fraction of sp³-hybridized carbons (Fsp3) is 0.600. The van der Waals surface area contributed by atoms with Crippen LogP contribution in [-0.2, 0) is 20.9 Å². The minimum absolute atomic E-state index is 0.0117. The maximum Gasteiger partial charge on any atom is 0.333 e. The summed E-state index contributed by atoms with van der Waals surface area (Å²) in [5.74, 6) is 0.724. The van der Waals surface area contributed by atoms with Crippen molar-refractivity contribution in [3.05, 3.63) is 29.8 Å². The number of hydrogen-bond donors (Lipinski definition) is 0. The average molecular weight is 347 g/mol. The van der Waals surface area contributed by atoms with Gasteiger partial charge >= 0.3 is 5.97 Å². The number of ether oxygens (including phenoxy) is 2. The van der Waals surface area contributed by atoms with Crippen molar-refractivity contribution in [3.8, 4) is 5.75 Å². The van der Waals surface area contributed by atoms with Crippen LogP contribution in [0.2, 0.25) is 0 Å². The zero-order chi connectivity index (χ0) is 18.8. The lowest BCUT2D eigenvalue weighted by Gasteiger charge is -2.51. The molecule has 25 heavy (non-hydrogen) atoms. The quantitative estimate of drug-likeness (QED) is 0.583.